The molecule has 0 fully saturated rings. The fraction of sp³-hybridized carbons (Fsp3) is 0.333. The molecule has 0 amide bonds. The number of hydrogen-bond donors (Lipinski definition) is 0. The summed E-state index contributed by atoms with van der Waals surface area (Å²) < 4.78 is 43.6. The molecule has 0 aliphatic carbocycles. The highest BCUT2D eigenvalue weighted by atomic mass is 32.2. The van der Waals surface area contributed by atoms with Crippen molar-refractivity contribution in [3.8, 4) is 0 Å². The Balaban J connectivity index is 3.14. The molecule has 1 nitrogen and oxygen atoms in total. The van der Waals surface area contributed by atoms with Crippen molar-refractivity contribution >= 4 is 17.4 Å². The van der Waals surface area contributed by atoms with Crippen LogP contribution in [0.15, 0.2) is 29.2 Å². The number of benzene rings is 1. The molecule has 0 N–H and O–H groups in total. The van der Waals surface area contributed by atoms with Gasteiger partial charge in [0.05, 0.1) is 0 Å². The third-order valence-electron chi connectivity index (χ3n) is 1.33. The number of rotatable bonds is 2. The van der Waals surface area contributed by atoms with Gasteiger partial charge >= 0.3 is 0 Å². The molecule has 0 aromatic heterocycles. The highest BCUT2D eigenvalue weighted by Crippen LogP contribution is 2.18. The van der Waals surface area contributed by atoms with Gasteiger partial charge in [-0.3, -0.25) is 0 Å². The zero-order valence-electron chi connectivity index (χ0n) is 12.2. The van der Waals surface area contributed by atoms with E-state index in [9.17, 15) is 0 Å². The topological polar surface area (TPSA) is 3.24 Å². The molecular formula is C9H13NS. The molecular weight excluding hydrogens is 154 g/mol. The van der Waals surface area contributed by atoms with Crippen LogP contribution in [0, 0.1) is 0 Å². The van der Waals surface area contributed by atoms with Crippen molar-refractivity contribution in [3.05, 3.63) is 24.3 Å². The molecule has 0 spiro atoms. The lowest BCUT2D eigenvalue weighted by Crippen LogP contribution is -2.07. The van der Waals surface area contributed by atoms with E-state index in [-0.39, 0.29) is 5.69 Å². The van der Waals surface area contributed by atoms with Gasteiger partial charge in [-0.05, 0) is 30.5 Å². The number of hydrogen-bond acceptors (Lipinski definition) is 2. The van der Waals surface area contributed by atoms with Gasteiger partial charge in [-0.25, -0.2) is 0 Å². The number of anilines is 1. The highest BCUT2D eigenvalue weighted by molar-refractivity contribution is 7.98. The Kier molecular flexibility index (Phi) is 1.13. The van der Waals surface area contributed by atoms with Crippen molar-refractivity contribution in [2.75, 3.05) is 25.1 Å². The first-order valence-corrected chi connectivity index (χ1v) is 4.33. The molecule has 0 bridgehead atoms. The average molecular weight is 173 g/mol. The lowest BCUT2D eigenvalue weighted by atomic mass is 10.3. The van der Waals surface area contributed by atoms with E-state index in [1.165, 1.54) is 23.9 Å². The van der Waals surface area contributed by atoms with Gasteiger partial charge < -0.3 is 4.90 Å². The monoisotopic (exact) mass is 173 g/mol. The maximum Gasteiger partial charge on any atom is 0.0456 e. The normalized spacial score (nSPS) is 20.1. The van der Waals surface area contributed by atoms with E-state index in [0.29, 0.717) is 4.90 Å². The number of thioether (sulfide) groups is 1. The Labute approximate surface area is 80.8 Å². The third kappa shape index (κ3) is 2.15. The van der Waals surface area contributed by atoms with Crippen LogP contribution in [0.2, 0.25) is 0 Å². The van der Waals surface area contributed by atoms with Gasteiger partial charge in [0.1, 0.15) is 0 Å². The highest BCUT2D eigenvalue weighted by Gasteiger charge is 1.93. The Morgan fingerprint density at radius 2 is 1.91 bits per heavy atom. The van der Waals surface area contributed by atoms with Gasteiger partial charge in [-0.1, -0.05) is 0 Å². The molecule has 0 unspecified atom stereocenters. The molecule has 0 radical (unpaired) electrons. The largest absolute Gasteiger partial charge is 0.378 e. The minimum Gasteiger partial charge on any atom is -0.378 e. The van der Waals surface area contributed by atoms with Crippen LogP contribution in [0.4, 0.5) is 5.69 Å². The predicted molar refractivity (Wildman–Crippen MR) is 52.6 cm³/mol. The SMILES string of the molecule is [2H]C([2H])([2H])N(c1ccc(SC)cc1)C([2H])([2H])[2H]. The second-order valence-electron chi connectivity index (χ2n) is 2.03. The van der Waals surface area contributed by atoms with Crippen LogP contribution in [0.3, 0.4) is 0 Å². The minimum atomic E-state index is -2.69. The zero-order valence-corrected chi connectivity index (χ0v) is 6.98. The lowest BCUT2D eigenvalue weighted by Gasteiger charge is -2.11. The first kappa shape index (κ1) is 3.40. The summed E-state index contributed by atoms with van der Waals surface area (Å²) in [6.45, 7) is -5.38. The van der Waals surface area contributed by atoms with E-state index in [1.807, 2.05) is 6.26 Å². The van der Waals surface area contributed by atoms with Gasteiger partial charge in [0.2, 0.25) is 0 Å². The summed E-state index contributed by atoms with van der Waals surface area (Å²) in [4.78, 5) is 1.43. The quantitative estimate of drug-likeness (QED) is 0.632. The second-order valence-corrected chi connectivity index (χ2v) is 2.91. The molecule has 0 saturated heterocycles. The van der Waals surface area contributed by atoms with Crippen LogP contribution >= 0.6 is 11.8 Å². The van der Waals surface area contributed by atoms with Gasteiger partial charge in [-0.2, -0.15) is 0 Å². The van der Waals surface area contributed by atoms with Crippen molar-refractivity contribution in [2.24, 2.45) is 0 Å². The van der Waals surface area contributed by atoms with E-state index in [4.69, 9.17) is 8.22 Å². The van der Waals surface area contributed by atoms with E-state index in [0.717, 1.165) is 4.90 Å². The summed E-state index contributed by atoms with van der Waals surface area (Å²) in [7, 11) is 0. The number of nitrogens with zero attached hydrogens (tertiary/aromatic N) is 1. The maximum atomic E-state index is 7.27. The first-order chi connectivity index (χ1) is 7.66. The van der Waals surface area contributed by atoms with Crippen molar-refractivity contribution in [2.45, 2.75) is 4.90 Å². The van der Waals surface area contributed by atoms with E-state index in [2.05, 4.69) is 0 Å². The van der Waals surface area contributed by atoms with Gasteiger partial charge in [0.25, 0.3) is 0 Å². The zero-order chi connectivity index (χ0) is 13.3. The molecule has 0 atom stereocenters. The predicted octanol–water partition coefficient (Wildman–Crippen LogP) is 2.47. The molecule has 1 aromatic carbocycles. The van der Waals surface area contributed by atoms with Crippen LogP contribution in [0.1, 0.15) is 8.22 Å². The molecule has 0 heterocycles. The summed E-state index contributed by atoms with van der Waals surface area (Å²) in [5, 5.41) is 0. The fourth-order valence-electron chi connectivity index (χ4n) is 0.731. The van der Waals surface area contributed by atoms with E-state index >= 15 is 0 Å². The van der Waals surface area contributed by atoms with Crippen LogP contribution in [-0.4, -0.2) is 20.2 Å². The Hall–Kier alpha value is -0.630. The van der Waals surface area contributed by atoms with Crippen molar-refractivity contribution in [1.29, 1.82) is 0 Å². The minimum absolute atomic E-state index is 0.169. The third-order valence-corrected chi connectivity index (χ3v) is 2.07. The standard InChI is InChI=1S/C9H13NS/c1-10(2)8-4-6-9(11-3)7-5-8/h4-7H,1-3H3/i1D3,2D3. The molecule has 0 aliphatic heterocycles. The van der Waals surface area contributed by atoms with Gasteiger partial charge in [-0.15, -0.1) is 11.8 Å². The van der Waals surface area contributed by atoms with Crippen LogP contribution in [0.5, 0.6) is 0 Å². The molecule has 2 heteroatoms. The maximum absolute atomic E-state index is 7.27. The van der Waals surface area contributed by atoms with Crippen molar-refractivity contribution < 1.29 is 8.22 Å². The van der Waals surface area contributed by atoms with Gasteiger partial charge in [0.15, 0.2) is 0 Å². The Bertz CT molecular complexity index is 355. The Morgan fingerprint density at radius 3 is 2.36 bits per heavy atom. The van der Waals surface area contributed by atoms with Crippen molar-refractivity contribution in [1.82, 2.24) is 0 Å². The fourth-order valence-corrected chi connectivity index (χ4v) is 1.14. The van der Waals surface area contributed by atoms with E-state index < -0.39 is 14.0 Å². The van der Waals surface area contributed by atoms with Crippen molar-refractivity contribution in [3.63, 3.8) is 0 Å². The summed E-state index contributed by atoms with van der Waals surface area (Å²) >= 11 is 1.50. The second kappa shape index (κ2) is 3.67. The van der Waals surface area contributed by atoms with Crippen LogP contribution in [0.25, 0.3) is 0 Å². The van der Waals surface area contributed by atoms with Crippen LogP contribution in [-0.2, 0) is 0 Å². The average Bonchev–Trinajstić information content (AvgIpc) is 2.14. The molecule has 0 aliphatic rings. The lowest BCUT2D eigenvalue weighted by molar-refractivity contribution is 1.13. The Morgan fingerprint density at radius 1 is 1.27 bits per heavy atom. The van der Waals surface area contributed by atoms with Crippen LogP contribution < -0.4 is 4.90 Å². The smallest absolute Gasteiger partial charge is 0.0456 e. The molecule has 1 aromatic rings. The summed E-state index contributed by atoms with van der Waals surface area (Å²) in [6.07, 6.45) is 1.89. The molecule has 11 heavy (non-hydrogen) atoms. The van der Waals surface area contributed by atoms with Gasteiger partial charge in [0, 0.05) is 32.8 Å². The summed E-state index contributed by atoms with van der Waals surface area (Å²) in [5.41, 5.74) is 0.169. The molecule has 0 saturated carbocycles. The molecule has 1 rings (SSSR count). The summed E-state index contributed by atoms with van der Waals surface area (Å²) in [5.74, 6) is 0. The summed E-state index contributed by atoms with van der Waals surface area (Å²) in [6, 6.07) is 6.41. The van der Waals surface area contributed by atoms with E-state index in [1.54, 1.807) is 12.1 Å². The first-order valence-electron chi connectivity index (χ1n) is 6.10. The molecule has 60 valence electrons.